The molecule has 244 valence electrons. The van der Waals surface area contributed by atoms with Gasteiger partial charge in [-0.2, -0.15) is 0 Å². The van der Waals surface area contributed by atoms with Crippen LogP contribution in [0.3, 0.4) is 0 Å². The minimum atomic E-state index is 0.0617. The highest BCUT2D eigenvalue weighted by atomic mass is 79.9. The topological polar surface area (TPSA) is 6.48 Å². The molecule has 0 radical (unpaired) electrons. The first-order valence-corrected chi connectivity index (χ1v) is 17.8. The molecule has 0 N–H and O–H groups in total. The highest BCUT2D eigenvalue weighted by Gasteiger charge is 2.24. The Balaban J connectivity index is 1.45. The molecule has 7 rings (SSSR count). The van der Waals surface area contributed by atoms with E-state index in [2.05, 4.69) is 219 Å². The SMILES string of the molecule is CC(C)(C)c1ccc(N(c2ccc3ccccc3c2)c2cccc(N(c3ccc(C(C)(C)C)cc3)c3cccc4ccccc34)c2Br)cc1. The molecule has 0 saturated carbocycles. The van der Waals surface area contributed by atoms with Crippen LogP contribution < -0.4 is 9.80 Å². The molecule has 0 amide bonds. The zero-order chi connectivity index (χ0) is 34.3. The lowest BCUT2D eigenvalue weighted by atomic mass is 9.87. The third-order valence-corrected chi connectivity index (χ3v) is 10.2. The maximum Gasteiger partial charge on any atom is 0.0656 e. The highest BCUT2D eigenvalue weighted by molar-refractivity contribution is 9.10. The molecule has 2 nitrogen and oxygen atoms in total. The zero-order valence-electron chi connectivity index (χ0n) is 29.2. The van der Waals surface area contributed by atoms with Gasteiger partial charge >= 0.3 is 0 Å². The van der Waals surface area contributed by atoms with Gasteiger partial charge in [-0.05, 0) is 109 Å². The lowest BCUT2D eigenvalue weighted by Crippen LogP contribution is -2.16. The molecule has 0 bridgehead atoms. The summed E-state index contributed by atoms with van der Waals surface area (Å²) in [7, 11) is 0. The predicted octanol–water partition coefficient (Wildman–Crippen LogP) is 14.3. The molecule has 0 heterocycles. The van der Waals surface area contributed by atoms with Crippen LogP contribution in [0.4, 0.5) is 34.1 Å². The largest absolute Gasteiger partial charge is 0.309 e. The van der Waals surface area contributed by atoms with Crippen LogP contribution in [-0.4, -0.2) is 0 Å². The molecule has 0 fully saturated rings. The number of hydrogen-bond acceptors (Lipinski definition) is 2. The number of hydrogen-bond donors (Lipinski definition) is 0. The fraction of sp³-hybridized carbons (Fsp3) is 0.174. The van der Waals surface area contributed by atoms with Crippen LogP contribution in [0.25, 0.3) is 21.5 Å². The summed E-state index contributed by atoms with van der Waals surface area (Å²) in [5.74, 6) is 0. The van der Waals surface area contributed by atoms with E-state index in [4.69, 9.17) is 0 Å². The number of halogens is 1. The Labute approximate surface area is 299 Å². The molecule has 0 aliphatic carbocycles. The minimum Gasteiger partial charge on any atom is -0.309 e. The van der Waals surface area contributed by atoms with Crippen LogP contribution in [0, 0.1) is 0 Å². The fourth-order valence-electron chi connectivity index (χ4n) is 6.63. The van der Waals surface area contributed by atoms with Crippen LogP contribution in [-0.2, 0) is 10.8 Å². The molecule has 0 aromatic heterocycles. The Morgan fingerprint density at radius 3 is 1.45 bits per heavy atom. The average Bonchev–Trinajstić information content (AvgIpc) is 3.09. The molecule has 49 heavy (non-hydrogen) atoms. The molecule has 0 aliphatic rings. The predicted molar refractivity (Wildman–Crippen MR) is 216 cm³/mol. The quantitative estimate of drug-likeness (QED) is 0.170. The Morgan fingerprint density at radius 2 is 0.837 bits per heavy atom. The van der Waals surface area contributed by atoms with Gasteiger partial charge in [-0.1, -0.05) is 139 Å². The van der Waals surface area contributed by atoms with Gasteiger partial charge in [0.25, 0.3) is 0 Å². The normalized spacial score (nSPS) is 12.0. The summed E-state index contributed by atoms with van der Waals surface area (Å²) in [5, 5.41) is 4.84. The van der Waals surface area contributed by atoms with Crippen LogP contribution >= 0.6 is 15.9 Å². The van der Waals surface area contributed by atoms with Gasteiger partial charge in [0.15, 0.2) is 0 Å². The van der Waals surface area contributed by atoms with E-state index >= 15 is 0 Å². The van der Waals surface area contributed by atoms with Gasteiger partial charge in [0, 0.05) is 22.4 Å². The van der Waals surface area contributed by atoms with Gasteiger partial charge < -0.3 is 9.80 Å². The fourth-order valence-corrected chi connectivity index (χ4v) is 7.25. The molecule has 0 unspecified atom stereocenters. The van der Waals surface area contributed by atoms with Crippen LogP contribution in [0.2, 0.25) is 0 Å². The summed E-state index contributed by atoms with van der Waals surface area (Å²) in [5.41, 5.74) is 9.31. The molecular formula is C46H43BrN2. The lowest BCUT2D eigenvalue weighted by Gasteiger charge is -2.32. The van der Waals surface area contributed by atoms with Gasteiger partial charge in [0.2, 0.25) is 0 Å². The molecule has 3 heteroatoms. The summed E-state index contributed by atoms with van der Waals surface area (Å²) in [6.45, 7) is 13.6. The average molecular weight is 704 g/mol. The van der Waals surface area contributed by atoms with E-state index in [1.807, 2.05) is 0 Å². The second-order valence-electron chi connectivity index (χ2n) is 14.9. The molecule has 0 saturated heterocycles. The van der Waals surface area contributed by atoms with Crippen molar-refractivity contribution in [1.82, 2.24) is 0 Å². The Hall–Kier alpha value is -4.86. The molecule has 7 aromatic rings. The van der Waals surface area contributed by atoms with E-state index in [1.54, 1.807) is 0 Å². The summed E-state index contributed by atoms with van der Waals surface area (Å²) in [6, 6.07) is 55.2. The third-order valence-electron chi connectivity index (χ3n) is 9.42. The van der Waals surface area contributed by atoms with Crippen molar-refractivity contribution in [2.24, 2.45) is 0 Å². The standard InChI is InChI=1S/C46H43BrN2/c1-45(2,3)35-22-27-37(28-23-35)48(39-26-21-32-13-7-8-15-34(32)31-39)42-19-12-20-43(44(42)47)49(38-29-24-36(25-30-38)46(4,5)6)41-18-11-16-33-14-9-10-17-40(33)41/h7-31H,1-6H3. The lowest BCUT2D eigenvalue weighted by molar-refractivity contribution is 0.590. The van der Waals surface area contributed by atoms with Gasteiger partial charge in [0.05, 0.1) is 21.5 Å². The van der Waals surface area contributed by atoms with Crippen molar-refractivity contribution in [3.8, 4) is 0 Å². The molecular weight excluding hydrogens is 660 g/mol. The number of anilines is 6. The van der Waals surface area contributed by atoms with E-state index in [0.717, 1.165) is 38.6 Å². The van der Waals surface area contributed by atoms with Crippen molar-refractivity contribution in [2.45, 2.75) is 52.4 Å². The number of rotatable bonds is 6. The summed E-state index contributed by atoms with van der Waals surface area (Å²) < 4.78 is 1.01. The molecule has 0 atom stereocenters. The molecule has 0 aliphatic heterocycles. The van der Waals surface area contributed by atoms with Crippen molar-refractivity contribution < 1.29 is 0 Å². The number of benzene rings is 7. The van der Waals surface area contributed by atoms with Crippen molar-refractivity contribution in [1.29, 1.82) is 0 Å². The van der Waals surface area contributed by atoms with Crippen molar-refractivity contribution in [3.63, 3.8) is 0 Å². The zero-order valence-corrected chi connectivity index (χ0v) is 30.8. The maximum atomic E-state index is 4.19. The number of fused-ring (bicyclic) bond motifs is 2. The van der Waals surface area contributed by atoms with Crippen molar-refractivity contribution in [3.05, 3.63) is 167 Å². The second-order valence-corrected chi connectivity index (χ2v) is 15.7. The first-order chi connectivity index (χ1) is 23.5. The van der Waals surface area contributed by atoms with Gasteiger partial charge in [-0.3, -0.25) is 0 Å². The van der Waals surface area contributed by atoms with E-state index in [-0.39, 0.29) is 10.8 Å². The summed E-state index contributed by atoms with van der Waals surface area (Å²) in [6.07, 6.45) is 0. The monoisotopic (exact) mass is 702 g/mol. The number of nitrogens with zero attached hydrogens (tertiary/aromatic N) is 2. The summed E-state index contributed by atoms with van der Waals surface area (Å²) >= 11 is 4.19. The molecule has 0 spiro atoms. The third kappa shape index (κ3) is 6.48. The second kappa shape index (κ2) is 12.9. The van der Waals surface area contributed by atoms with E-state index in [0.29, 0.717) is 0 Å². The van der Waals surface area contributed by atoms with Gasteiger partial charge in [-0.25, -0.2) is 0 Å². The Morgan fingerprint density at radius 1 is 0.388 bits per heavy atom. The van der Waals surface area contributed by atoms with Crippen molar-refractivity contribution >= 4 is 71.6 Å². The van der Waals surface area contributed by atoms with Crippen LogP contribution in [0.15, 0.2) is 156 Å². The first kappa shape index (κ1) is 32.7. The van der Waals surface area contributed by atoms with Crippen LogP contribution in [0.1, 0.15) is 52.7 Å². The minimum absolute atomic E-state index is 0.0617. The van der Waals surface area contributed by atoms with E-state index in [9.17, 15) is 0 Å². The van der Waals surface area contributed by atoms with Crippen molar-refractivity contribution in [2.75, 3.05) is 9.80 Å². The Bertz CT molecular complexity index is 2250. The Kier molecular flexibility index (Phi) is 8.58. The van der Waals surface area contributed by atoms with Gasteiger partial charge in [-0.15, -0.1) is 0 Å². The van der Waals surface area contributed by atoms with Gasteiger partial charge in [0.1, 0.15) is 0 Å². The van der Waals surface area contributed by atoms with Crippen LogP contribution in [0.5, 0.6) is 0 Å². The van der Waals surface area contributed by atoms with E-state index in [1.165, 1.54) is 32.7 Å². The maximum absolute atomic E-state index is 4.19. The highest BCUT2D eigenvalue weighted by Crippen LogP contribution is 2.48. The molecule has 7 aromatic carbocycles. The first-order valence-electron chi connectivity index (χ1n) is 17.1. The van der Waals surface area contributed by atoms with E-state index < -0.39 is 0 Å². The smallest absolute Gasteiger partial charge is 0.0656 e. The summed E-state index contributed by atoms with van der Waals surface area (Å²) in [4.78, 5) is 4.76.